The number of hydrogen-bond acceptors (Lipinski definition) is 9. The summed E-state index contributed by atoms with van der Waals surface area (Å²) in [5.41, 5.74) is 0.0775. The van der Waals surface area contributed by atoms with E-state index in [2.05, 4.69) is 25.2 Å². The maximum Gasteiger partial charge on any atom is 0.411 e. The zero-order valence-electron chi connectivity index (χ0n) is 23.3. The molecule has 2 aromatic rings. The van der Waals surface area contributed by atoms with Crippen LogP contribution in [0.3, 0.4) is 0 Å². The molecular weight excluding hydrogens is 542 g/mol. The third kappa shape index (κ3) is 7.20. The van der Waals surface area contributed by atoms with Crippen molar-refractivity contribution < 1.29 is 27.5 Å². The summed E-state index contributed by atoms with van der Waals surface area (Å²) in [6.45, 7) is 13.9. The first-order valence-electron chi connectivity index (χ1n) is 13.0. The molecule has 2 amide bonds. The lowest BCUT2D eigenvalue weighted by atomic mass is 10.1. The number of benzene rings is 1. The number of fused-ring (bicyclic) bond motifs is 1. The summed E-state index contributed by atoms with van der Waals surface area (Å²) in [6, 6.07) is 4.85. The fraction of sp³-hybridized carbons (Fsp3) is 0.577. The monoisotopic (exact) mass is 579 g/mol. The largest absolute Gasteiger partial charge is 0.447 e. The first-order valence-corrected chi connectivity index (χ1v) is 15.3. The fourth-order valence-electron chi connectivity index (χ4n) is 4.66. The number of carbonyl (C=O) groups is 2. The topological polar surface area (TPSA) is 139 Å². The van der Waals surface area contributed by atoms with Crippen molar-refractivity contribution in [3.05, 3.63) is 24.4 Å². The van der Waals surface area contributed by atoms with Crippen molar-refractivity contribution in [1.82, 2.24) is 15.0 Å². The number of nitrogens with one attached hydrogen (secondary N) is 3. The summed E-state index contributed by atoms with van der Waals surface area (Å²) >= 11 is 1.40. The molecule has 1 aliphatic carbocycles. The van der Waals surface area contributed by atoms with Crippen LogP contribution in [-0.4, -0.2) is 62.5 Å². The lowest BCUT2D eigenvalue weighted by Gasteiger charge is -2.22. The molecule has 13 heteroatoms. The summed E-state index contributed by atoms with van der Waals surface area (Å²) < 4.78 is 39.9. The molecule has 11 nitrogen and oxygen atoms in total. The molecule has 1 aromatic carbocycles. The third-order valence-corrected chi connectivity index (χ3v) is 9.04. The van der Waals surface area contributed by atoms with Crippen LogP contribution < -0.4 is 20.3 Å². The van der Waals surface area contributed by atoms with E-state index in [0.717, 1.165) is 18.2 Å². The van der Waals surface area contributed by atoms with Crippen LogP contribution in [0.15, 0.2) is 29.3 Å². The van der Waals surface area contributed by atoms with Gasteiger partial charge in [-0.15, -0.1) is 0 Å². The van der Waals surface area contributed by atoms with E-state index in [4.69, 9.17) is 9.47 Å². The maximum atomic E-state index is 13.4. The molecule has 1 saturated heterocycles. The quantitative estimate of drug-likeness (QED) is 0.418. The Balaban J connectivity index is 1.53. The van der Waals surface area contributed by atoms with Gasteiger partial charge >= 0.3 is 12.2 Å². The average molecular weight is 580 g/mol. The lowest BCUT2D eigenvalue weighted by Crippen LogP contribution is -2.40. The smallest absolute Gasteiger partial charge is 0.411 e. The Morgan fingerprint density at radius 1 is 1.05 bits per heavy atom. The molecule has 0 spiro atoms. The predicted octanol–water partition coefficient (Wildman–Crippen LogP) is 4.41. The number of nitrogens with zero attached hydrogens (tertiary/aromatic N) is 2. The number of aromatic nitrogens is 1. The molecule has 0 bridgehead atoms. The van der Waals surface area contributed by atoms with Crippen LogP contribution in [0, 0.1) is 11.8 Å². The van der Waals surface area contributed by atoms with Crippen molar-refractivity contribution in [3.63, 3.8) is 0 Å². The highest BCUT2D eigenvalue weighted by Gasteiger charge is 2.57. The molecule has 3 N–H and O–H groups in total. The molecule has 1 aromatic heterocycles. The standard InChI is InChI=1S/C26H37N5O6S2/c1-14(2)36-24(32)28-16-8-9-17(21(10-16)39(34,35)30-26(5,6)7)20-11-27-23(38-20)31-12-18-19(13-31)22(18)29-25(33)37-15(3)4/h8-11,14-15,18-19,22,30H,12-13H2,1-7H3,(H,28,32)(H,29,33)/t18-,19+,22?. The molecule has 1 saturated carbocycles. The van der Waals surface area contributed by atoms with E-state index < -0.39 is 21.7 Å². The van der Waals surface area contributed by atoms with Crippen molar-refractivity contribution in [2.45, 2.75) is 77.2 Å². The van der Waals surface area contributed by atoms with Gasteiger partial charge in [0.2, 0.25) is 10.0 Å². The number of rotatable bonds is 8. The van der Waals surface area contributed by atoms with Crippen LogP contribution in [-0.2, 0) is 19.5 Å². The molecule has 3 atom stereocenters. The van der Waals surface area contributed by atoms with Gasteiger partial charge in [-0.05, 0) is 60.6 Å². The van der Waals surface area contributed by atoms with Crippen LogP contribution in [0.25, 0.3) is 10.4 Å². The van der Waals surface area contributed by atoms with Gasteiger partial charge in [-0.2, -0.15) is 0 Å². The normalized spacial score (nSPS) is 20.6. The lowest BCUT2D eigenvalue weighted by molar-refractivity contribution is 0.114. The molecular formula is C26H37N5O6S2. The maximum absolute atomic E-state index is 13.4. The molecule has 214 valence electrons. The Labute approximate surface area is 233 Å². The van der Waals surface area contributed by atoms with Gasteiger partial charge in [0.15, 0.2) is 5.13 Å². The van der Waals surface area contributed by atoms with E-state index in [9.17, 15) is 18.0 Å². The first-order chi connectivity index (χ1) is 18.1. The van der Waals surface area contributed by atoms with Crippen LogP contribution >= 0.6 is 11.3 Å². The molecule has 2 fully saturated rings. The number of anilines is 2. The minimum absolute atomic E-state index is 0.0344. The van der Waals surface area contributed by atoms with Crippen LogP contribution in [0.4, 0.5) is 20.4 Å². The van der Waals surface area contributed by atoms with E-state index >= 15 is 0 Å². The highest BCUT2D eigenvalue weighted by atomic mass is 32.2. The Bertz CT molecular complexity index is 1320. The summed E-state index contributed by atoms with van der Waals surface area (Å²) in [5.74, 6) is 0.667. The van der Waals surface area contributed by atoms with Gasteiger partial charge in [-0.1, -0.05) is 17.4 Å². The van der Waals surface area contributed by atoms with Crippen LogP contribution in [0.1, 0.15) is 48.5 Å². The minimum atomic E-state index is -3.95. The summed E-state index contributed by atoms with van der Waals surface area (Å²) in [7, 11) is -3.95. The number of alkyl carbamates (subject to hydrolysis) is 1. The van der Waals surface area contributed by atoms with Gasteiger partial charge in [0, 0.05) is 54.0 Å². The number of piperidine rings is 1. The zero-order chi connectivity index (χ0) is 28.7. The average Bonchev–Trinajstić information content (AvgIpc) is 3.17. The summed E-state index contributed by atoms with van der Waals surface area (Å²) in [4.78, 5) is 31.5. The molecule has 39 heavy (non-hydrogen) atoms. The van der Waals surface area contributed by atoms with Gasteiger partial charge in [0.25, 0.3) is 0 Å². The Morgan fingerprint density at radius 3 is 2.26 bits per heavy atom. The highest BCUT2D eigenvalue weighted by molar-refractivity contribution is 7.89. The first kappa shape index (κ1) is 29.1. The van der Waals surface area contributed by atoms with Crippen molar-refractivity contribution in [1.29, 1.82) is 0 Å². The number of sulfonamides is 1. The Morgan fingerprint density at radius 2 is 1.67 bits per heavy atom. The number of thiazole rings is 1. The molecule has 2 heterocycles. The van der Waals surface area contributed by atoms with Gasteiger partial charge in [-0.3, -0.25) is 5.32 Å². The number of amides is 2. The van der Waals surface area contributed by atoms with E-state index in [1.807, 2.05) is 13.8 Å². The van der Waals surface area contributed by atoms with Gasteiger partial charge < -0.3 is 19.7 Å². The summed E-state index contributed by atoms with van der Waals surface area (Å²) in [6.07, 6.45) is 0.135. The molecule has 0 radical (unpaired) electrons. The molecule has 1 unspecified atom stereocenters. The molecule has 1 aliphatic heterocycles. The molecule has 4 rings (SSSR count). The third-order valence-electron chi connectivity index (χ3n) is 6.15. The van der Waals surface area contributed by atoms with Crippen LogP contribution in [0.2, 0.25) is 0 Å². The predicted molar refractivity (Wildman–Crippen MR) is 151 cm³/mol. The number of hydrogen-bond donors (Lipinski definition) is 3. The Kier molecular flexibility index (Phi) is 8.16. The van der Waals surface area contributed by atoms with E-state index in [0.29, 0.717) is 28.0 Å². The van der Waals surface area contributed by atoms with Gasteiger partial charge in [0.05, 0.1) is 22.0 Å². The van der Waals surface area contributed by atoms with Crippen LogP contribution in [0.5, 0.6) is 0 Å². The fourth-order valence-corrected chi connectivity index (χ4v) is 7.37. The molecule has 2 aliphatic rings. The van der Waals surface area contributed by atoms with Crippen molar-refractivity contribution in [2.24, 2.45) is 11.8 Å². The second kappa shape index (κ2) is 10.9. The van der Waals surface area contributed by atoms with Crippen molar-refractivity contribution >= 4 is 44.4 Å². The Hall–Kier alpha value is -2.90. The SMILES string of the molecule is CC(C)OC(=O)Nc1ccc(-c2cnc(N3C[C@@H]4C(NC(=O)OC(C)C)[C@@H]4C3)s2)c(S(=O)(=O)NC(C)(C)C)c1. The summed E-state index contributed by atoms with van der Waals surface area (Å²) in [5, 5.41) is 6.33. The number of carbonyl (C=O) groups excluding carboxylic acids is 2. The minimum Gasteiger partial charge on any atom is -0.447 e. The van der Waals surface area contributed by atoms with E-state index in [1.165, 1.54) is 17.4 Å². The van der Waals surface area contributed by atoms with E-state index in [1.54, 1.807) is 52.9 Å². The zero-order valence-corrected chi connectivity index (χ0v) is 24.9. The van der Waals surface area contributed by atoms with Crippen molar-refractivity contribution in [3.8, 4) is 10.4 Å². The van der Waals surface area contributed by atoms with Gasteiger partial charge in [0.1, 0.15) is 0 Å². The number of ether oxygens (including phenoxy) is 2. The van der Waals surface area contributed by atoms with Crippen molar-refractivity contribution in [2.75, 3.05) is 23.3 Å². The second-order valence-electron chi connectivity index (χ2n) is 11.5. The second-order valence-corrected chi connectivity index (χ2v) is 14.2. The van der Waals surface area contributed by atoms with Gasteiger partial charge in [-0.25, -0.2) is 27.7 Å². The highest BCUT2D eigenvalue weighted by Crippen LogP contribution is 2.48. The van der Waals surface area contributed by atoms with E-state index in [-0.39, 0.29) is 29.2 Å².